The first-order valence-electron chi connectivity index (χ1n) is 11.3. The zero-order chi connectivity index (χ0) is 21.1. The number of hydrogen-bond donors (Lipinski definition) is 0. The van der Waals surface area contributed by atoms with Gasteiger partial charge in [-0.15, -0.1) is 0 Å². The van der Waals surface area contributed by atoms with Crippen molar-refractivity contribution in [3.63, 3.8) is 0 Å². The van der Waals surface area contributed by atoms with Crippen molar-refractivity contribution < 1.29 is 0 Å². The van der Waals surface area contributed by atoms with E-state index in [1.54, 1.807) is 14.3 Å². The van der Waals surface area contributed by atoms with Crippen LogP contribution in [0.25, 0.3) is 0 Å². The van der Waals surface area contributed by atoms with Crippen molar-refractivity contribution >= 4 is 91.6 Å². The monoisotopic (exact) mass is 632 g/mol. The Morgan fingerprint density at radius 3 is 0.818 bits per heavy atom. The third kappa shape index (κ3) is 9.00. The van der Waals surface area contributed by atoms with Crippen LogP contribution in [0, 0.1) is 0 Å². The van der Waals surface area contributed by atoms with Crippen molar-refractivity contribution in [3.8, 4) is 0 Å². The predicted octanol–water partition coefficient (Wildman–Crippen LogP) is 4.01. The third-order valence-electron chi connectivity index (χ3n) is 5.84. The average Bonchev–Trinajstić information content (AvgIpc) is 2.86. The molecule has 0 aliphatic heterocycles. The molecule has 0 saturated carbocycles. The molecule has 0 bridgehead atoms. The molecule has 0 N–H and O–H groups in total. The Kier molecular flexibility index (Phi) is 14.3. The second-order valence-corrected chi connectivity index (χ2v) is 22.9. The molecule has 4 radical (unpaired) electrons. The zero-order valence-corrected chi connectivity index (χ0v) is 25.8. The summed E-state index contributed by atoms with van der Waals surface area (Å²) in [6, 6.07) is 45.3. The molecule has 0 atom stereocenters. The number of unbranched alkanes of at least 4 members (excludes halogenated alkanes) is 2. The molecule has 4 heteroatoms. The van der Waals surface area contributed by atoms with Gasteiger partial charge >= 0.3 is 203 Å². The van der Waals surface area contributed by atoms with Crippen molar-refractivity contribution in [2.24, 2.45) is 0 Å². The van der Waals surface area contributed by atoms with Crippen molar-refractivity contribution in [2.75, 3.05) is 0 Å². The molecule has 4 aromatic carbocycles. The molecule has 0 aliphatic carbocycles. The van der Waals surface area contributed by atoms with E-state index < -0.39 is 39.5 Å². The maximum atomic E-state index is 2.37. The van der Waals surface area contributed by atoms with Gasteiger partial charge in [0, 0.05) is 37.7 Å². The van der Waals surface area contributed by atoms with Crippen molar-refractivity contribution in [2.45, 2.75) is 28.1 Å². The summed E-state index contributed by atoms with van der Waals surface area (Å²) in [6.07, 6.45) is 4.12. The summed E-state index contributed by atoms with van der Waals surface area (Å²) in [4.78, 5) is 0. The molecule has 156 valence electrons. The second kappa shape index (κ2) is 16.4. The van der Waals surface area contributed by atoms with Gasteiger partial charge in [-0.25, -0.2) is 0 Å². The van der Waals surface area contributed by atoms with Gasteiger partial charge in [0.05, 0.1) is 0 Å². The summed E-state index contributed by atoms with van der Waals surface area (Å²) >= 11 is -3.59. The van der Waals surface area contributed by atoms with Crippen molar-refractivity contribution in [1.82, 2.24) is 0 Å². The van der Waals surface area contributed by atoms with Gasteiger partial charge in [-0.05, 0) is 0 Å². The van der Waals surface area contributed by atoms with Crippen LogP contribution in [0.2, 0.25) is 8.87 Å². The molecule has 0 heterocycles. The van der Waals surface area contributed by atoms with E-state index in [0.717, 1.165) is 0 Å². The number of rotatable bonds is 10. The molecule has 0 aliphatic rings. The number of benzene rings is 4. The van der Waals surface area contributed by atoms with E-state index in [4.69, 9.17) is 0 Å². The first-order chi connectivity index (χ1) is 15.4. The van der Waals surface area contributed by atoms with Crippen LogP contribution in [0.15, 0.2) is 121 Å². The molecule has 33 heavy (non-hydrogen) atoms. The fourth-order valence-electron chi connectivity index (χ4n) is 4.25. The minimum atomic E-state index is -1.80. The Balaban J connectivity index is 0.00000193. The molecule has 0 nitrogen and oxygen atoms in total. The number of hydrogen-bond acceptors (Lipinski definition) is 0. The molecule has 4 rings (SSSR count). The Hall–Kier alpha value is -0.328. The molecule has 0 spiro atoms. The van der Waals surface area contributed by atoms with Gasteiger partial charge in [0.2, 0.25) is 0 Å². The molecule has 0 amide bonds. The first-order valence-corrected chi connectivity index (χ1v) is 21.1. The van der Waals surface area contributed by atoms with Crippen molar-refractivity contribution in [3.05, 3.63) is 121 Å². The van der Waals surface area contributed by atoms with Crippen LogP contribution in [0.1, 0.15) is 19.3 Å². The van der Waals surface area contributed by atoms with Crippen LogP contribution in [-0.2, 0) is 0 Å². The third-order valence-corrected chi connectivity index (χ3v) is 22.5. The Morgan fingerprint density at radius 2 is 0.576 bits per heavy atom. The van der Waals surface area contributed by atoms with E-state index in [9.17, 15) is 0 Å². The van der Waals surface area contributed by atoms with Gasteiger partial charge in [0.15, 0.2) is 0 Å². The fraction of sp³-hybridized carbons (Fsp3) is 0.172. The van der Waals surface area contributed by atoms with E-state index in [2.05, 4.69) is 121 Å². The summed E-state index contributed by atoms with van der Waals surface area (Å²) in [6.45, 7) is 0. The van der Waals surface area contributed by atoms with Crippen LogP contribution < -0.4 is 14.3 Å². The predicted molar refractivity (Wildman–Crippen MR) is 151 cm³/mol. The molecule has 0 aromatic heterocycles. The van der Waals surface area contributed by atoms with Crippen molar-refractivity contribution in [1.29, 1.82) is 0 Å². The topological polar surface area (TPSA) is 0 Å². The molecule has 0 saturated heterocycles. The van der Waals surface area contributed by atoms with Gasteiger partial charge in [-0.1, -0.05) is 0 Å². The SMILES string of the molecule is [Li].[Li].c1cc[c]([Sn]([CH2]CCC[CH2][Sn]([c]2ccccc2)[c]2ccccc2)[c]2ccccc2)cc1. The van der Waals surface area contributed by atoms with Gasteiger partial charge in [0.1, 0.15) is 0 Å². The van der Waals surface area contributed by atoms with Crippen LogP contribution in [0.4, 0.5) is 0 Å². The van der Waals surface area contributed by atoms with Gasteiger partial charge in [0.25, 0.3) is 0 Å². The van der Waals surface area contributed by atoms with Crippen LogP contribution in [-0.4, -0.2) is 77.2 Å². The second-order valence-electron chi connectivity index (χ2n) is 7.98. The minimum absolute atomic E-state index is 0. The summed E-state index contributed by atoms with van der Waals surface area (Å²) < 4.78 is 9.40. The van der Waals surface area contributed by atoms with E-state index in [1.807, 2.05) is 0 Å². The average molecular weight is 630 g/mol. The maximum absolute atomic E-state index is 2.37. The molecular formula is C29H30Li2Sn2. The molecule has 4 aromatic rings. The van der Waals surface area contributed by atoms with E-state index in [-0.39, 0.29) is 37.7 Å². The van der Waals surface area contributed by atoms with Gasteiger partial charge in [-0.2, -0.15) is 0 Å². The van der Waals surface area contributed by atoms with E-state index in [0.29, 0.717) is 0 Å². The summed E-state index contributed by atoms with van der Waals surface area (Å²) in [5.74, 6) is 0. The fourth-order valence-corrected chi connectivity index (χ4v) is 19.7. The zero-order valence-electron chi connectivity index (χ0n) is 20.1. The molecular weight excluding hydrogens is 600 g/mol. The van der Waals surface area contributed by atoms with Crippen LogP contribution in [0.3, 0.4) is 0 Å². The molecule has 0 unspecified atom stereocenters. The quantitative estimate of drug-likeness (QED) is 0.184. The Bertz CT molecular complexity index is 848. The Morgan fingerprint density at radius 1 is 0.333 bits per heavy atom. The van der Waals surface area contributed by atoms with Gasteiger partial charge in [-0.3, -0.25) is 0 Å². The van der Waals surface area contributed by atoms with Crippen LogP contribution in [0.5, 0.6) is 0 Å². The summed E-state index contributed by atoms with van der Waals surface area (Å²) in [5.41, 5.74) is 0. The standard InChI is InChI=1S/4C6H5.C5H10.2Li.2Sn/c4*1-2-4-6-5-3-1;1-3-5-4-2;;;;/h4*1-5H;1-5H2;;;;. The Labute approximate surface area is 238 Å². The summed E-state index contributed by atoms with van der Waals surface area (Å²) in [7, 11) is 0. The molecule has 0 fully saturated rings. The summed E-state index contributed by atoms with van der Waals surface area (Å²) in [5, 5.41) is 0. The van der Waals surface area contributed by atoms with E-state index in [1.165, 1.54) is 28.1 Å². The van der Waals surface area contributed by atoms with Gasteiger partial charge < -0.3 is 0 Å². The first kappa shape index (κ1) is 28.9. The van der Waals surface area contributed by atoms with Crippen LogP contribution >= 0.6 is 0 Å². The van der Waals surface area contributed by atoms with E-state index >= 15 is 0 Å². The normalized spacial score (nSPS) is 10.5.